The maximum absolute atomic E-state index is 15.5. The molecule has 2 rings (SSSR count). The van der Waals surface area contributed by atoms with Crippen LogP contribution < -0.4 is 10.2 Å². The largest absolute Gasteiger partial charge is 0.429 e. The van der Waals surface area contributed by atoms with Crippen LogP contribution >= 0.6 is 27.5 Å². The first-order valence-corrected chi connectivity index (χ1v) is 12.1. The molecule has 0 heterocycles. The molecule has 1 N–H and O–H groups in total. The third-order valence-corrected chi connectivity index (χ3v) is 6.26. The number of likely N-dealkylation sites (N-methyl/N-ethyl adjacent to an activating group) is 1. The number of hydrogen-bond donors (Lipinski definition) is 1. The second-order valence-corrected chi connectivity index (χ2v) is 9.01. The standard InChI is InChI=1S/C26H22BrClF6N2O2/c1-4-8-15(9-5-2)24(38)36(6-3)20-11-7-10-17(21(20)30)23(37)35-22-18(27)12-16(13-19(22)28)25(31,14-29)26(32,33)34/h4-5,7-13H,1,6,14H2,2-3H3,(H,35,37)/b9-5-,15-8+. The number of halogens is 8. The third kappa shape index (κ3) is 6.32. The summed E-state index contributed by atoms with van der Waals surface area (Å²) in [4.78, 5) is 27.0. The van der Waals surface area contributed by atoms with Gasteiger partial charge in [-0.1, -0.05) is 48.6 Å². The van der Waals surface area contributed by atoms with E-state index in [9.17, 15) is 31.5 Å². The molecular weight excluding hydrogens is 602 g/mol. The van der Waals surface area contributed by atoms with E-state index in [1.54, 1.807) is 19.9 Å². The van der Waals surface area contributed by atoms with Crippen molar-refractivity contribution in [2.24, 2.45) is 0 Å². The molecule has 0 bridgehead atoms. The number of nitrogens with zero attached hydrogens (tertiary/aromatic N) is 1. The van der Waals surface area contributed by atoms with Gasteiger partial charge in [0.25, 0.3) is 17.5 Å². The van der Waals surface area contributed by atoms with E-state index in [1.165, 1.54) is 30.4 Å². The Bertz CT molecular complexity index is 1270. The first-order chi connectivity index (χ1) is 17.8. The fourth-order valence-corrected chi connectivity index (χ4v) is 4.35. The molecule has 0 aromatic heterocycles. The van der Waals surface area contributed by atoms with Crippen molar-refractivity contribution in [2.75, 3.05) is 23.4 Å². The van der Waals surface area contributed by atoms with Gasteiger partial charge in [0.1, 0.15) is 6.67 Å². The van der Waals surface area contributed by atoms with Gasteiger partial charge in [0, 0.05) is 22.2 Å². The molecule has 2 amide bonds. The highest BCUT2D eigenvalue weighted by Gasteiger charge is 2.58. The predicted molar refractivity (Wildman–Crippen MR) is 139 cm³/mol. The SMILES string of the molecule is C=C/C=C(\C=C/C)C(=O)N(CC)c1cccc(C(=O)Nc2c(Cl)cc(C(F)(CF)C(F)(F)F)cc2Br)c1F. The zero-order valence-electron chi connectivity index (χ0n) is 20.1. The Morgan fingerprint density at radius 1 is 1.21 bits per heavy atom. The fraction of sp³-hybridized carbons (Fsp3) is 0.231. The van der Waals surface area contributed by atoms with Gasteiger partial charge in [-0.05, 0) is 54.0 Å². The molecule has 12 heteroatoms. The zero-order valence-corrected chi connectivity index (χ0v) is 22.4. The van der Waals surface area contributed by atoms with Gasteiger partial charge in [-0.2, -0.15) is 13.2 Å². The van der Waals surface area contributed by atoms with Crippen molar-refractivity contribution in [3.63, 3.8) is 0 Å². The van der Waals surface area contributed by atoms with E-state index in [2.05, 4.69) is 27.8 Å². The Balaban J connectivity index is 2.48. The molecule has 0 spiro atoms. The van der Waals surface area contributed by atoms with E-state index >= 15 is 4.39 Å². The normalized spacial score (nSPS) is 13.8. The first kappa shape index (κ1) is 31.2. The highest BCUT2D eigenvalue weighted by Crippen LogP contribution is 2.46. The molecule has 0 saturated heterocycles. The average molecular weight is 624 g/mol. The molecule has 2 aromatic carbocycles. The number of carbonyl (C=O) groups is 2. The average Bonchev–Trinajstić information content (AvgIpc) is 2.85. The van der Waals surface area contributed by atoms with Gasteiger partial charge >= 0.3 is 6.18 Å². The maximum Gasteiger partial charge on any atom is 0.429 e. The van der Waals surface area contributed by atoms with Crippen molar-refractivity contribution in [2.45, 2.75) is 25.7 Å². The van der Waals surface area contributed by atoms with Gasteiger partial charge in [0.15, 0.2) is 5.82 Å². The van der Waals surface area contributed by atoms with Crippen molar-refractivity contribution in [1.82, 2.24) is 0 Å². The second kappa shape index (κ2) is 12.7. The summed E-state index contributed by atoms with van der Waals surface area (Å²) in [7, 11) is 0. The van der Waals surface area contributed by atoms with E-state index < -0.39 is 52.3 Å². The fourth-order valence-electron chi connectivity index (χ4n) is 3.41. The molecule has 0 fully saturated rings. The van der Waals surface area contributed by atoms with Crippen LogP contribution in [0.5, 0.6) is 0 Å². The summed E-state index contributed by atoms with van der Waals surface area (Å²) >= 11 is 8.89. The van der Waals surface area contributed by atoms with Crippen LogP contribution in [0.4, 0.5) is 37.7 Å². The van der Waals surface area contributed by atoms with Crippen molar-refractivity contribution in [3.05, 3.63) is 93.2 Å². The van der Waals surface area contributed by atoms with Gasteiger partial charge in [0.05, 0.1) is 22.0 Å². The van der Waals surface area contributed by atoms with E-state index in [0.29, 0.717) is 12.1 Å². The summed E-state index contributed by atoms with van der Waals surface area (Å²) in [6.07, 6.45) is 0.385. The van der Waals surface area contributed by atoms with Crippen molar-refractivity contribution in [1.29, 1.82) is 0 Å². The number of allylic oxidation sites excluding steroid dienone is 3. The van der Waals surface area contributed by atoms with Gasteiger partial charge in [-0.3, -0.25) is 9.59 Å². The third-order valence-electron chi connectivity index (χ3n) is 5.34. The van der Waals surface area contributed by atoms with Crippen LogP contribution in [0.25, 0.3) is 0 Å². The van der Waals surface area contributed by atoms with Crippen molar-refractivity contribution in [3.8, 4) is 0 Å². The predicted octanol–water partition coefficient (Wildman–Crippen LogP) is 8.23. The Morgan fingerprint density at radius 3 is 2.37 bits per heavy atom. The molecular formula is C26H22BrClF6N2O2. The summed E-state index contributed by atoms with van der Waals surface area (Å²) in [5, 5.41) is 1.69. The number of alkyl halides is 5. The zero-order chi connectivity index (χ0) is 28.8. The minimum absolute atomic E-state index is 0.0461. The van der Waals surface area contributed by atoms with Crippen molar-refractivity contribution >= 4 is 50.7 Å². The lowest BCUT2D eigenvalue weighted by Gasteiger charge is -2.26. The van der Waals surface area contributed by atoms with E-state index in [4.69, 9.17) is 11.6 Å². The van der Waals surface area contributed by atoms with Crippen LogP contribution in [-0.2, 0) is 10.5 Å². The molecule has 38 heavy (non-hydrogen) atoms. The van der Waals surface area contributed by atoms with E-state index in [-0.39, 0.29) is 28.0 Å². The molecule has 204 valence electrons. The molecule has 0 aliphatic heterocycles. The highest BCUT2D eigenvalue weighted by molar-refractivity contribution is 9.10. The summed E-state index contributed by atoms with van der Waals surface area (Å²) < 4.78 is 82.1. The summed E-state index contributed by atoms with van der Waals surface area (Å²) in [5.41, 5.74) is -6.27. The maximum atomic E-state index is 15.5. The number of hydrogen-bond acceptors (Lipinski definition) is 2. The second-order valence-electron chi connectivity index (χ2n) is 7.75. The van der Waals surface area contributed by atoms with Crippen LogP contribution in [0.15, 0.2) is 71.3 Å². The molecule has 1 unspecified atom stereocenters. The van der Waals surface area contributed by atoms with Gasteiger partial charge in [-0.25, -0.2) is 13.2 Å². The summed E-state index contributed by atoms with van der Waals surface area (Å²) in [5.74, 6) is -2.68. The van der Waals surface area contributed by atoms with Crippen LogP contribution in [0.2, 0.25) is 5.02 Å². The lowest BCUT2D eigenvalue weighted by atomic mass is 9.96. The van der Waals surface area contributed by atoms with Crippen LogP contribution in [0, 0.1) is 5.82 Å². The Morgan fingerprint density at radius 2 is 1.87 bits per heavy atom. The molecule has 1 atom stereocenters. The van der Waals surface area contributed by atoms with Gasteiger partial charge in [-0.15, -0.1) is 0 Å². The lowest BCUT2D eigenvalue weighted by molar-refractivity contribution is -0.240. The van der Waals surface area contributed by atoms with E-state index in [0.717, 1.165) is 11.0 Å². The summed E-state index contributed by atoms with van der Waals surface area (Å²) in [6.45, 7) is 4.50. The lowest BCUT2D eigenvalue weighted by Crippen LogP contribution is -2.40. The number of rotatable bonds is 9. The number of nitrogens with one attached hydrogen (secondary N) is 1. The quantitative estimate of drug-likeness (QED) is 0.174. The Labute approximate surface area is 228 Å². The molecule has 0 aliphatic rings. The molecule has 4 nitrogen and oxygen atoms in total. The molecule has 0 radical (unpaired) electrons. The summed E-state index contributed by atoms with van der Waals surface area (Å²) in [6, 6.07) is 4.88. The van der Waals surface area contributed by atoms with Crippen LogP contribution in [0.3, 0.4) is 0 Å². The van der Waals surface area contributed by atoms with Crippen LogP contribution in [0.1, 0.15) is 29.8 Å². The molecule has 2 aromatic rings. The Hall–Kier alpha value is -3.05. The topological polar surface area (TPSA) is 49.4 Å². The first-order valence-electron chi connectivity index (χ1n) is 11.0. The minimum atomic E-state index is -5.57. The molecule has 0 aliphatic carbocycles. The molecule has 0 saturated carbocycles. The highest BCUT2D eigenvalue weighted by atomic mass is 79.9. The van der Waals surface area contributed by atoms with Gasteiger partial charge < -0.3 is 10.2 Å². The smallest absolute Gasteiger partial charge is 0.320 e. The number of benzene rings is 2. The monoisotopic (exact) mass is 622 g/mol. The van der Waals surface area contributed by atoms with E-state index in [1.807, 2.05) is 0 Å². The van der Waals surface area contributed by atoms with Gasteiger partial charge in [0.2, 0.25) is 0 Å². The number of carbonyl (C=O) groups excluding carboxylic acids is 2. The van der Waals surface area contributed by atoms with Crippen molar-refractivity contribution < 1.29 is 35.9 Å². The van der Waals surface area contributed by atoms with Crippen LogP contribution in [-0.4, -0.2) is 31.2 Å². The Kier molecular flexibility index (Phi) is 10.4. The number of anilines is 2. The number of amides is 2. The minimum Gasteiger partial charge on any atom is -0.320 e.